The smallest absolute Gasteiger partial charge is 0.107 e. The quantitative estimate of drug-likeness (QED) is 0.868. The molecule has 1 aromatic heterocycles. The molecule has 0 aliphatic carbocycles. The maximum atomic E-state index is 5.87. The molecule has 0 radical (unpaired) electrons. The van der Waals surface area contributed by atoms with Crippen molar-refractivity contribution in [1.29, 1.82) is 0 Å². The Balaban J connectivity index is 2.01. The number of ether oxygens (including phenoxy) is 1. The van der Waals surface area contributed by atoms with Crippen LogP contribution in [-0.2, 0) is 11.2 Å². The first kappa shape index (κ1) is 12.1. The normalized spacial score (nSPS) is 36.5. The van der Waals surface area contributed by atoms with E-state index in [1.54, 1.807) is 6.20 Å². The largest absolute Gasteiger partial charge is 0.375 e. The van der Waals surface area contributed by atoms with E-state index >= 15 is 0 Å². The zero-order chi connectivity index (χ0) is 11.7. The minimum absolute atomic E-state index is 0.323. The van der Waals surface area contributed by atoms with Crippen LogP contribution in [0.2, 0.25) is 0 Å². The van der Waals surface area contributed by atoms with Gasteiger partial charge in [0.2, 0.25) is 0 Å². The Kier molecular flexibility index (Phi) is 3.70. The molecule has 1 saturated heterocycles. The van der Waals surface area contributed by atoms with Gasteiger partial charge in [0, 0.05) is 29.6 Å². The standard InChI is InChI=1S/C12H19BrN2O/c1-7-8(2)16-9(3)12(7)10(13)6-11-14-4-5-15-11/h4-5,7-10,12H,6H2,1-3H3,(H,14,15). The van der Waals surface area contributed by atoms with Crippen LogP contribution in [-0.4, -0.2) is 27.0 Å². The van der Waals surface area contributed by atoms with Gasteiger partial charge in [-0.05, 0) is 19.8 Å². The minimum atomic E-state index is 0.323. The Morgan fingerprint density at radius 3 is 2.69 bits per heavy atom. The number of hydrogen-bond donors (Lipinski definition) is 1. The van der Waals surface area contributed by atoms with Crippen LogP contribution in [0.4, 0.5) is 0 Å². The molecule has 0 bridgehead atoms. The van der Waals surface area contributed by atoms with Gasteiger partial charge in [0.05, 0.1) is 12.2 Å². The summed E-state index contributed by atoms with van der Waals surface area (Å²) in [4.78, 5) is 7.85. The van der Waals surface area contributed by atoms with E-state index in [-0.39, 0.29) is 0 Å². The fourth-order valence-corrected chi connectivity index (χ4v) is 3.87. The second kappa shape index (κ2) is 4.88. The Morgan fingerprint density at radius 1 is 1.44 bits per heavy atom. The van der Waals surface area contributed by atoms with Crippen molar-refractivity contribution in [2.45, 2.75) is 44.2 Å². The van der Waals surface area contributed by atoms with Gasteiger partial charge in [0.1, 0.15) is 5.82 Å². The number of rotatable bonds is 3. The molecule has 0 amide bonds. The number of aromatic nitrogens is 2. The molecule has 1 N–H and O–H groups in total. The van der Waals surface area contributed by atoms with Crippen LogP contribution in [0.5, 0.6) is 0 Å². The Bertz CT molecular complexity index is 328. The maximum Gasteiger partial charge on any atom is 0.107 e. The lowest BCUT2D eigenvalue weighted by atomic mass is 9.86. The summed E-state index contributed by atoms with van der Waals surface area (Å²) >= 11 is 3.79. The number of nitrogens with one attached hydrogen (secondary N) is 1. The number of imidazole rings is 1. The molecule has 4 heteroatoms. The second-order valence-corrected chi connectivity index (χ2v) is 5.91. The average molecular weight is 287 g/mol. The zero-order valence-electron chi connectivity index (χ0n) is 9.98. The molecule has 2 rings (SSSR count). The monoisotopic (exact) mass is 286 g/mol. The van der Waals surface area contributed by atoms with E-state index in [0.29, 0.717) is 28.9 Å². The molecule has 5 atom stereocenters. The van der Waals surface area contributed by atoms with E-state index < -0.39 is 0 Å². The minimum Gasteiger partial charge on any atom is -0.375 e. The highest BCUT2D eigenvalue weighted by molar-refractivity contribution is 9.09. The molecule has 5 unspecified atom stereocenters. The van der Waals surface area contributed by atoms with Crippen LogP contribution < -0.4 is 0 Å². The van der Waals surface area contributed by atoms with Crippen molar-refractivity contribution in [3.8, 4) is 0 Å². The Labute approximate surface area is 105 Å². The third-order valence-electron chi connectivity index (χ3n) is 3.68. The summed E-state index contributed by atoms with van der Waals surface area (Å²) in [6.07, 6.45) is 5.29. The summed E-state index contributed by atoms with van der Waals surface area (Å²) < 4.78 is 5.87. The number of H-pyrrole nitrogens is 1. The zero-order valence-corrected chi connectivity index (χ0v) is 11.6. The van der Waals surface area contributed by atoms with Crippen molar-refractivity contribution in [2.75, 3.05) is 0 Å². The van der Waals surface area contributed by atoms with E-state index in [4.69, 9.17) is 4.74 Å². The van der Waals surface area contributed by atoms with Crippen molar-refractivity contribution < 1.29 is 4.74 Å². The molecule has 1 fully saturated rings. The van der Waals surface area contributed by atoms with Gasteiger partial charge < -0.3 is 9.72 Å². The summed E-state index contributed by atoms with van der Waals surface area (Å²) in [5, 5.41) is 0. The third kappa shape index (κ3) is 2.33. The molecule has 3 nitrogen and oxygen atoms in total. The maximum absolute atomic E-state index is 5.87. The molecule has 1 aromatic rings. The first-order chi connectivity index (χ1) is 7.59. The van der Waals surface area contributed by atoms with E-state index in [0.717, 1.165) is 12.2 Å². The number of hydrogen-bond acceptors (Lipinski definition) is 2. The Hall–Kier alpha value is -0.350. The topological polar surface area (TPSA) is 37.9 Å². The summed E-state index contributed by atoms with van der Waals surface area (Å²) in [6, 6.07) is 0. The molecule has 16 heavy (non-hydrogen) atoms. The average Bonchev–Trinajstić information content (AvgIpc) is 2.77. The molecule has 0 spiro atoms. The van der Waals surface area contributed by atoms with E-state index in [1.165, 1.54) is 0 Å². The first-order valence-electron chi connectivity index (χ1n) is 5.87. The third-order valence-corrected chi connectivity index (χ3v) is 4.61. The van der Waals surface area contributed by atoms with Gasteiger partial charge in [-0.2, -0.15) is 0 Å². The van der Waals surface area contributed by atoms with Gasteiger partial charge in [-0.25, -0.2) is 4.98 Å². The molecule has 0 aromatic carbocycles. The van der Waals surface area contributed by atoms with E-state index in [9.17, 15) is 0 Å². The molecular weight excluding hydrogens is 268 g/mol. The van der Waals surface area contributed by atoms with Gasteiger partial charge >= 0.3 is 0 Å². The van der Waals surface area contributed by atoms with Crippen LogP contribution in [0.3, 0.4) is 0 Å². The lowest BCUT2D eigenvalue weighted by Crippen LogP contribution is -2.28. The van der Waals surface area contributed by atoms with Gasteiger partial charge in [-0.3, -0.25) is 0 Å². The first-order valence-corrected chi connectivity index (χ1v) is 6.79. The van der Waals surface area contributed by atoms with Crippen LogP contribution in [0.15, 0.2) is 12.4 Å². The van der Waals surface area contributed by atoms with Crippen molar-refractivity contribution in [2.24, 2.45) is 11.8 Å². The predicted octanol–water partition coefficient (Wildman–Crippen LogP) is 2.78. The van der Waals surface area contributed by atoms with Gasteiger partial charge in [-0.15, -0.1) is 0 Å². The number of aromatic amines is 1. The summed E-state index contributed by atoms with van der Waals surface area (Å²) in [7, 11) is 0. The highest BCUT2D eigenvalue weighted by atomic mass is 79.9. The predicted molar refractivity (Wildman–Crippen MR) is 67.7 cm³/mol. The second-order valence-electron chi connectivity index (χ2n) is 4.74. The molecule has 0 saturated carbocycles. The van der Waals surface area contributed by atoms with Crippen LogP contribution >= 0.6 is 15.9 Å². The van der Waals surface area contributed by atoms with Crippen LogP contribution in [0, 0.1) is 11.8 Å². The number of halogens is 1. The molecule has 2 heterocycles. The highest BCUT2D eigenvalue weighted by Gasteiger charge is 2.40. The number of alkyl halides is 1. The van der Waals surface area contributed by atoms with Crippen molar-refractivity contribution >= 4 is 15.9 Å². The number of nitrogens with zero attached hydrogens (tertiary/aromatic N) is 1. The summed E-state index contributed by atoms with van der Waals surface area (Å²) in [6.45, 7) is 6.60. The van der Waals surface area contributed by atoms with E-state index in [2.05, 4.69) is 46.7 Å². The SMILES string of the molecule is CC1OC(C)C(C(Br)Cc2ncc[nH]2)C1C. The van der Waals surface area contributed by atoms with Gasteiger partial charge in [-0.1, -0.05) is 22.9 Å². The van der Waals surface area contributed by atoms with E-state index in [1.807, 2.05) is 6.20 Å². The molecule has 1 aliphatic rings. The molecular formula is C12H19BrN2O. The lowest BCUT2D eigenvalue weighted by Gasteiger charge is -2.23. The lowest BCUT2D eigenvalue weighted by molar-refractivity contribution is 0.0511. The molecule has 90 valence electrons. The molecule has 1 aliphatic heterocycles. The summed E-state index contributed by atoms with van der Waals surface area (Å²) in [5.41, 5.74) is 0. The Morgan fingerprint density at radius 2 is 2.19 bits per heavy atom. The summed E-state index contributed by atoms with van der Waals surface area (Å²) in [5.74, 6) is 2.19. The fourth-order valence-electron chi connectivity index (χ4n) is 2.65. The van der Waals surface area contributed by atoms with Crippen LogP contribution in [0.1, 0.15) is 26.6 Å². The van der Waals surface area contributed by atoms with Crippen molar-refractivity contribution in [3.63, 3.8) is 0 Å². The van der Waals surface area contributed by atoms with Gasteiger partial charge in [0.15, 0.2) is 0 Å². The van der Waals surface area contributed by atoms with Crippen molar-refractivity contribution in [3.05, 3.63) is 18.2 Å². The van der Waals surface area contributed by atoms with Crippen LogP contribution in [0.25, 0.3) is 0 Å². The highest BCUT2D eigenvalue weighted by Crippen LogP contribution is 2.38. The fraction of sp³-hybridized carbons (Fsp3) is 0.750. The van der Waals surface area contributed by atoms with Crippen molar-refractivity contribution in [1.82, 2.24) is 9.97 Å². The van der Waals surface area contributed by atoms with Gasteiger partial charge in [0.25, 0.3) is 0 Å².